The van der Waals surface area contributed by atoms with Crippen LogP contribution >= 0.6 is 11.8 Å². The van der Waals surface area contributed by atoms with Crippen molar-refractivity contribution in [3.8, 4) is 0 Å². The molecule has 3 rings (SSSR count). The molecule has 4 nitrogen and oxygen atoms in total. The maximum Gasteiger partial charge on any atom is 0.307 e. The van der Waals surface area contributed by atoms with E-state index in [0.717, 1.165) is 13.0 Å². The van der Waals surface area contributed by atoms with Crippen molar-refractivity contribution in [2.75, 3.05) is 13.1 Å². The highest BCUT2D eigenvalue weighted by Gasteiger charge is 2.39. The first-order valence-corrected chi connectivity index (χ1v) is 12.0. The van der Waals surface area contributed by atoms with E-state index in [0.29, 0.717) is 11.8 Å². The van der Waals surface area contributed by atoms with E-state index in [1.54, 1.807) is 0 Å². The Labute approximate surface area is 190 Å². The lowest BCUT2D eigenvalue weighted by Gasteiger charge is -2.33. The van der Waals surface area contributed by atoms with Crippen molar-refractivity contribution < 1.29 is 14.3 Å². The van der Waals surface area contributed by atoms with Crippen LogP contribution in [0.15, 0.2) is 47.4 Å². The van der Waals surface area contributed by atoms with Gasteiger partial charge in [-0.3, -0.25) is 9.59 Å². The average molecular weight is 442 g/mol. The third-order valence-electron chi connectivity index (χ3n) is 5.63. The summed E-state index contributed by atoms with van der Waals surface area (Å²) < 4.78 is 5.50. The number of ether oxygens (including phenoxy) is 1. The third-order valence-corrected chi connectivity index (χ3v) is 6.96. The molecule has 0 aliphatic carbocycles. The number of esters is 1. The fraction of sp³-hybridized carbons (Fsp3) is 0.538. The van der Waals surface area contributed by atoms with Gasteiger partial charge >= 0.3 is 5.97 Å². The van der Waals surface area contributed by atoms with E-state index >= 15 is 0 Å². The molecule has 1 heterocycles. The fourth-order valence-corrected chi connectivity index (χ4v) is 5.34. The topological polar surface area (TPSA) is 46.6 Å². The molecule has 0 spiro atoms. The van der Waals surface area contributed by atoms with Gasteiger partial charge in [0.05, 0.1) is 12.3 Å². The van der Waals surface area contributed by atoms with Crippen LogP contribution in [-0.4, -0.2) is 40.7 Å². The fourth-order valence-electron chi connectivity index (χ4n) is 4.04. The molecule has 0 unspecified atom stereocenters. The van der Waals surface area contributed by atoms with E-state index in [4.69, 9.17) is 4.74 Å². The van der Waals surface area contributed by atoms with Crippen LogP contribution in [0.5, 0.6) is 0 Å². The molecule has 1 aliphatic heterocycles. The molecule has 0 radical (unpaired) electrons. The van der Waals surface area contributed by atoms with Gasteiger partial charge in [-0.2, -0.15) is 0 Å². The minimum absolute atomic E-state index is 0.0689. The number of amides is 1. The molecular weight excluding hydrogens is 406 g/mol. The lowest BCUT2D eigenvalue weighted by Crippen LogP contribution is -2.42. The zero-order chi connectivity index (χ0) is 22.8. The number of carbonyl (C=O) groups excluding carboxylic acids is 2. The van der Waals surface area contributed by atoms with Gasteiger partial charge < -0.3 is 9.64 Å². The molecule has 1 fully saturated rings. The van der Waals surface area contributed by atoms with Gasteiger partial charge in [0.2, 0.25) is 5.91 Å². The number of nitrogens with zero attached hydrogens (tertiary/aromatic N) is 1. The molecule has 1 amide bonds. The van der Waals surface area contributed by atoms with Gasteiger partial charge in [-0.25, -0.2) is 0 Å². The normalized spacial score (nSPS) is 18.3. The van der Waals surface area contributed by atoms with E-state index in [2.05, 4.69) is 42.5 Å². The largest absolute Gasteiger partial charge is 0.460 e. The monoisotopic (exact) mass is 441 g/mol. The summed E-state index contributed by atoms with van der Waals surface area (Å²) in [6.07, 6.45) is 1.08. The van der Waals surface area contributed by atoms with Crippen LogP contribution in [0.1, 0.15) is 54.4 Å². The van der Waals surface area contributed by atoms with Crippen LogP contribution in [0.3, 0.4) is 0 Å². The summed E-state index contributed by atoms with van der Waals surface area (Å²) >= 11 is 1.86. The molecule has 5 heteroatoms. The Balaban J connectivity index is 1.68. The summed E-state index contributed by atoms with van der Waals surface area (Å²) in [5.74, 6) is -0.621. The minimum atomic E-state index is -0.545. The van der Waals surface area contributed by atoms with E-state index in [-0.39, 0.29) is 29.6 Å². The van der Waals surface area contributed by atoms with Gasteiger partial charge in [0.15, 0.2) is 0 Å². The molecular formula is C26H35NO3S. The van der Waals surface area contributed by atoms with Crippen LogP contribution in [0.4, 0.5) is 0 Å². The van der Waals surface area contributed by atoms with E-state index in [1.807, 2.05) is 58.2 Å². The quantitative estimate of drug-likeness (QED) is 0.540. The SMILES string of the molecule is CC(C)(C)OC(=O)C[C@H](C(=O)N1CC[C@@H](Sc2cccc3ccccc23)C1)C(C)(C)C. The number of likely N-dealkylation sites (tertiary alicyclic amines) is 1. The van der Waals surface area contributed by atoms with Crippen molar-refractivity contribution in [1.82, 2.24) is 4.90 Å². The Hall–Kier alpha value is -2.01. The molecule has 2 aromatic rings. The van der Waals surface area contributed by atoms with Crippen molar-refractivity contribution in [3.63, 3.8) is 0 Å². The summed E-state index contributed by atoms with van der Waals surface area (Å²) in [5.41, 5.74) is -0.856. The minimum Gasteiger partial charge on any atom is -0.460 e. The molecule has 168 valence electrons. The maximum absolute atomic E-state index is 13.4. The summed E-state index contributed by atoms with van der Waals surface area (Å²) in [6.45, 7) is 13.1. The molecule has 1 aliphatic rings. The van der Waals surface area contributed by atoms with Crippen molar-refractivity contribution in [3.05, 3.63) is 42.5 Å². The van der Waals surface area contributed by atoms with Gasteiger partial charge in [-0.1, -0.05) is 57.2 Å². The van der Waals surface area contributed by atoms with Crippen molar-refractivity contribution in [2.24, 2.45) is 11.3 Å². The Morgan fingerprint density at radius 3 is 2.42 bits per heavy atom. The lowest BCUT2D eigenvalue weighted by molar-refractivity contribution is -0.160. The predicted molar refractivity (Wildman–Crippen MR) is 128 cm³/mol. The van der Waals surface area contributed by atoms with Crippen molar-refractivity contribution in [2.45, 2.75) is 70.1 Å². The predicted octanol–water partition coefficient (Wildman–Crippen LogP) is 5.93. The molecule has 1 saturated heterocycles. The van der Waals surface area contributed by atoms with Crippen LogP contribution < -0.4 is 0 Å². The second kappa shape index (κ2) is 9.23. The first-order chi connectivity index (χ1) is 14.4. The second-order valence-electron chi connectivity index (χ2n) is 10.5. The molecule has 2 aromatic carbocycles. The Bertz CT molecular complexity index is 936. The number of thioether (sulfide) groups is 1. The molecule has 0 bridgehead atoms. The summed E-state index contributed by atoms with van der Waals surface area (Å²) in [6, 6.07) is 14.8. The summed E-state index contributed by atoms with van der Waals surface area (Å²) in [4.78, 5) is 29.1. The van der Waals surface area contributed by atoms with Gasteiger partial charge in [0, 0.05) is 23.2 Å². The van der Waals surface area contributed by atoms with Gasteiger partial charge in [-0.05, 0) is 49.4 Å². The Kier molecular flexibility index (Phi) is 7.04. The average Bonchev–Trinajstić information content (AvgIpc) is 3.12. The summed E-state index contributed by atoms with van der Waals surface area (Å²) in [7, 11) is 0. The first-order valence-electron chi connectivity index (χ1n) is 11.1. The Morgan fingerprint density at radius 2 is 1.74 bits per heavy atom. The highest BCUT2D eigenvalue weighted by atomic mass is 32.2. The van der Waals surface area contributed by atoms with Crippen LogP contribution in [0.25, 0.3) is 10.8 Å². The molecule has 31 heavy (non-hydrogen) atoms. The summed E-state index contributed by atoms with van der Waals surface area (Å²) in [5, 5.41) is 2.86. The second-order valence-corrected chi connectivity index (χ2v) is 11.8. The number of fused-ring (bicyclic) bond motifs is 1. The lowest BCUT2D eigenvalue weighted by atomic mass is 9.78. The van der Waals surface area contributed by atoms with Crippen LogP contribution in [-0.2, 0) is 14.3 Å². The van der Waals surface area contributed by atoms with Crippen LogP contribution in [0, 0.1) is 11.3 Å². The van der Waals surface area contributed by atoms with Gasteiger partial charge in [0.25, 0.3) is 0 Å². The van der Waals surface area contributed by atoms with Crippen LogP contribution in [0.2, 0.25) is 0 Å². The Morgan fingerprint density at radius 1 is 1.06 bits per heavy atom. The number of rotatable bonds is 5. The number of benzene rings is 2. The van der Waals surface area contributed by atoms with Gasteiger partial charge in [-0.15, -0.1) is 11.8 Å². The van der Waals surface area contributed by atoms with Crippen molar-refractivity contribution >= 4 is 34.4 Å². The standard InChI is InChI=1S/C26H35NO3S/c1-25(2,3)21(16-23(28)30-26(4,5)6)24(29)27-15-14-19(17-27)31-22-13-9-11-18-10-7-8-12-20(18)22/h7-13,19,21H,14-17H2,1-6H3/t19-,21-/m1/s1. The maximum atomic E-state index is 13.4. The number of carbonyl (C=O) groups is 2. The van der Waals surface area contributed by atoms with E-state index < -0.39 is 5.60 Å². The molecule has 0 saturated carbocycles. The number of hydrogen-bond acceptors (Lipinski definition) is 4. The van der Waals surface area contributed by atoms with Crippen molar-refractivity contribution in [1.29, 1.82) is 0 Å². The zero-order valence-electron chi connectivity index (χ0n) is 19.6. The molecule has 2 atom stereocenters. The van der Waals surface area contributed by atoms with Gasteiger partial charge in [0.1, 0.15) is 5.60 Å². The molecule has 0 aromatic heterocycles. The zero-order valence-corrected chi connectivity index (χ0v) is 20.4. The number of hydrogen-bond donors (Lipinski definition) is 0. The van der Waals surface area contributed by atoms with E-state index in [1.165, 1.54) is 15.7 Å². The first kappa shape index (κ1) is 23.6. The molecule has 0 N–H and O–H groups in total. The highest BCUT2D eigenvalue weighted by molar-refractivity contribution is 8.00. The van der Waals surface area contributed by atoms with E-state index in [9.17, 15) is 9.59 Å². The third kappa shape index (κ3) is 6.25. The highest BCUT2D eigenvalue weighted by Crippen LogP contribution is 2.37. The smallest absolute Gasteiger partial charge is 0.307 e.